The van der Waals surface area contributed by atoms with Gasteiger partial charge in [-0.15, -0.1) is 10.2 Å². The molecule has 2 aromatic heterocycles. The molecule has 3 rings (SSSR count). The fourth-order valence-electron chi connectivity index (χ4n) is 2.92. The average molecular weight is 331 g/mol. The highest BCUT2D eigenvalue weighted by atomic mass is 16.5. The van der Waals surface area contributed by atoms with Gasteiger partial charge in [0.2, 0.25) is 5.82 Å². The molecule has 2 aromatic rings. The van der Waals surface area contributed by atoms with E-state index in [-0.39, 0.29) is 5.69 Å². The number of nitrogens with two attached hydrogens (primary N) is 1. The monoisotopic (exact) mass is 331 g/mol. The van der Waals surface area contributed by atoms with Crippen molar-refractivity contribution in [1.29, 1.82) is 0 Å². The summed E-state index contributed by atoms with van der Waals surface area (Å²) in [5.74, 6) is 0.820. The SMILES string of the molecule is COC(=O)c1cc(-c2nnn(C[C@H]3CC[C@H](N)CC3)n2)nc(C)n1. The van der Waals surface area contributed by atoms with Crippen LogP contribution >= 0.6 is 0 Å². The molecule has 0 aliphatic heterocycles. The summed E-state index contributed by atoms with van der Waals surface area (Å²) >= 11 is 0. The molecular formula is C15H21N7O2. The van der Waals surface area contributed by atoms with Gasteiger partial charge in [0.15, 0.2) is 5.69 Å². The summed E-state index contributed by atoms with van der Waals surface area (Å²) in [7, 11) is 1.31. The van der Waals surface area contributed by atoms with Crippen LogP contribution in [0.2, 0.25) is 0 Å². The molecule has 1 aliphatic rings. The number of nitrogens with zero attached hydrogens (tertiary/aromatic N) is 6. The van der Waals surface area contributed by atoms with Crippen LogP contribution in [0.3, 0.4) is 0 Å². The van der Waals surface area contributed by atoms with E-state index >= 15 is 0 Å². The number of methoxy groups -OCH3 is 1. The van der Waals surface area contributed by atoms with Crippen molar-refractivity contribution in [3.05, 3.63) is 17.6 Å². The summed E-state index contributed by atoms with van der Waals surface area (Å²) in [6.07, 6.45) is 4.24. The van der Waals surface area contributed by atoms with Crippen molar-refractivity contribution in [2.24, 2.45) is 11.7 Å². The molecule has 0 atom stereocenters. The van der Waals surface area contributed by atoms with Crippen molar-refractivity contribution in [3.63, 3.8) is 0 Å². The van der Waals surface area contributed by atoms with Gasteiger partial charge in [-0.2, -0.15) is 4.80 Å². The summed E-state index contributed by atoms with van der Waals surface area (Å²) in [6.45, 7) is 2.42. The van der Waals surface area contributed by atoms with Gasteiger partial charge in [0.25, 0.3) is 0 Å². The molecule has 0 bridgehead atoms. The number of carbonyl (C=O) groups excluding carboxylic acids is 1. The Morgan fingerprint density at radius 2 is 2.08 bits per heavy atom. The summed E-state index contributed by atoms with van der Waals surface area (Å²) in [5, 5.41) is 12.5. The maximum Gasteiger partial charge on any atom is 0.356 e. The first-order chi connectivity index (χ1) is 11.5. The quantitative estimate of drug-likeness (QED) is 0.814. The lowest BCUT2D eigenvalue weighted by Gasteiger charge is -2.25. The molecule has 1 aliphatic carbocycles. The smallest absolute Gasteiger partial charge is 0.356 e. The van der Waals surface area contributed by atoms with Gasteiger partial charge in [0, 0.05) is 12.1 Å². The number of tetrazole rings is 1. The van der Waals surface area contributed by atoms with Gasteiger partial charge in [0.1, 0.15) is 11.5 Å². The molecule has 2 heterocycles. The molecule has 2 N–H and O–H groups in total. The number of hydrogen-bond acceptors (Lipinski definition) is 8. The van der Waals surface area contributed by atoms with Crippen molar-refractivity contribution < 1.29 is 9.53 Å². The molecule has 0 spiro atoms. The molecule has 0 unspecified atom stereocenters. The molecule has 128 valence electrons. The van der Waals surface area contributed by atoms with Crippen LogP contribution in [-0.4, -0.2) is 49.3 Å². The molecule has 1 saturated carbocycles. The van der Waals surface area contributed by atoms with Crippen molar-refractivity contribution >= 4 is 5.97 Å². The van der Waals surface area contributed by atoms with E-state index in [1.807, 2.05) is 0 Å². The first-order valence-corrected chi connectivity index (χ1v) is 8.03. The third-order valence-electron chi connectivity index (χ3n) is 4.23. The summed E-state index contributed by atoms with van der Waals surface area (Å²) in [5.41, 5.74) is 6.57. The van der Waals surface area contributed by atoms with Crippen LogP contribution in [-0.2, 0) is 11.3 Å². The molecule has 1 fully saturated rings. The van der Waals surface area contributed by atoms with Crippen molar-refractivity contribution in [2.45, 2.75) is 45.2 Å². The molecule has 0 saturated heterocycles. The second-order valence-electron chi connectivity index (χ2n) is 6.13. The van der Waals surface area contributed by atoms with Gasteiger partial charge < -0.3 is 10.5 Å². The summed E-state index contributed by atoms with van der Waals surface area (Å²) in [4.78, 5) is 21.6. The Morgan fingerprint density at radius 1 is 1.33 bits per heavy atom. The Bertz CT molecular complexity index is 722. The average Bonchev–Trinajstić information content (AvgIpc) is 3.04. The van der Waals surface area contributed by atoms with Crippen LogP contribution in [0.5, 0.6) is 0 Å². The minimum absolute atomic E-state index is 0.178. The van der Waals surface area contributed by atoms with Crippen molar-refractivity contribution in [2.75, 3.05) is 7.11 Å². The van der Waals surface area contributed by atoms with Gasteiger partial charge in [-0.25, -0.2) is 14.8 Å². The largest absolute Gasteiger partial charge is 0.464 e. The Kier molecular flexibility index (Phi) is 4.79. The van der Waals surface area contributed by atoms with E-state index < -0.39 is 5.97 Å². The van der Waals surface area contributed by atoms with E-state index in [0.717, 1.165) is 25.7 Å². The highest BCUT2D eigenvalue weighted by molar-refractivity contribution is 5.88. The minimum Gasteiger partial charge on any atom is -0.464 e. The lowest BCUT2D eigenvalue weighted by atomic mass is 9.86. The van der Waals surface area contributed by atoms with Crippen LogP contribution in [0.25, 0.3) is 11.5 Å². The normalized spacial score (nSPS) is 20.8. The Morgan fingerprint density at radius 3 is 2.79 bits per heavy atom. The highest BCUT2D eigenvalue weighted by Crippen LogP contribution is 2.24. The van der Waals surface area contributed by atoms with Crippen molar-refractivity contribution in [3.8, 4) is 11.5 Å². The van der Waals surface area contributed by atoms with Crippen LogP contribution in [0, 0.1) is 12.8 Å². The Balaban J connectivity index is 1.75. The Hall–Kier alpha value is -2.42. The predicted molar refractivity (Wildman–Crippen MR) is 84.9 cm³/mol. The molecule has 0 aromatic carbocycles. The minimum atomic E-state index is -0.521. The zero-order valence-electron chi connectivity index (χ0n) is 13.8. The number of rotatable bonds is 4. The van der Waals surface area contributed by atoms with E-state index in [2.05, 4.69) is 25.4 Å². The highest BCUT2D eigenvalue weighted by Gasteiger charge is 2.20. The number of ether oxygens (including phenoxy) is 1. The van der Waals surface area contributed by atoms with Gasteiger partial charge in [-0.05, 0) is 43.7 Å². The molecule has 9 nitrogen and oxygen atoms in total. The van der Waals surface area contributed by atoms with Crippen LogP contribution in [0.15, 0.2) is 6.07 Å². The lowest BCUT2D eigenvalue weighted by Crippen LogP contribution is -2.28. The maximum absolute atomic E-state index is 11.7. The van der Waals surface area contributed by atoms with E-state index in [9.17, 15) is 4.79 Å². The van der Waals surface area contributed by atoms with Gasteiger partial charge in [-0.3, -0.25) is 0 Å². The van der Waals surface area contributed by atoms with Crippen molar-refractivity contribution in [1.82, 2.24) is 30.2 Å². The van der Waals surface area contributed by atoms with Crippen LogP contribution < -0.4 is 5.73 Å². The Labute approximate surface area is 139 Å². The topological polar surface area (TPSA) is 122 Å². The second kappa shape index (κ2) is 7.00. The fraction of sp³-hybridized carbons (Fsp3) is 0.600. The number of hydrogen-bond donors (Lipinski definition) is 1. The number of aryl methyl sites for hydroxylation is 1. The summed E-state index contributed by atoms with van der Waals surface area (Å²) in [6, 6.07) is 1.83. The second-order valence-corrected chi connectivity index (χ2v) is 6.13. The zero-order chi connectivity index (χ0) is 17.1. The van der Waals surface area contributed by atoms with Gasteiger partial charge in [-0.1, -0.05) is 0 Å². The third-order valence-corrected chi connectivity index (χ3v) is 4.23. The molecular weight excluding hydrogens is 310 g/mol. The predicted octanol–water partition coefficient (Wildman–Crippen LogP) is 0.743. The van der Waals surface area contributed by atoms with Gasteiger partial charge in [0.05, 0.1) is 13.7 Å². The van der Waals surface area contributed by atoms with Gasteiger partial charge >= 0.3 is 5.97 Å². The third kappa shape index (κ3) is 3.73. The molecule has 0 radical (unpaired) electrons. The standard InChI is InChI=1S/C15H21N7O2/c1-9-17-12(7-13(18-9)15(23)24-2)14-19-21-22(20-14)8-10-3-5-11(16)6-4-10/h7,10-11H,3-6,8,16H2,1-2H3/t10-,11-. The molecule has 0 amide bonds. The number of esters is 1. The van der Waals surface area contributed by atoms with E-state index in [0.29, 0.717) is 35.8 Å². The van der Waals surface area contributed by atoms with E-state index in [1.165, 1.54) is 13.2 Å². The fourth-order valence-corrected chi connectivity index (χ4v) is 2.92. The zero-order valence-corrected chi connectivity index (χ0v) is 13.8. The van der Waals surface area contributed by atoms with E-state index in [1.54, 1.807) is 11.7 Å². The molecule has 9 heteroatoms. The first kappa shape index (κ1) is 16.4. The maximum atomic E-state index is 11.7. The van der Waals surface area contributed by atoms with Crippen LogP contribution in [0.1, 0.15) is 42.0 Å². The number of carbonyl (C=O) groups is 1. The number of aromatic nitrogens is 6. The first-order valence-electron chi connectivity index (χ1n) is 8.03. The molecule has 24 heavy (non-hydrogen) atoms. The summed E-state index contributed by atoms with van der Waals surface area (Å²) < 4.78 is 4.70. The van der Waals surface area contributed by atoms with Crippen LogP contribution in [0.4, 0.5) is 0 Å². The lowest BCUT2D eigenvalue weighted by molar-refractivity contribution is 0.0593. The van der Waals surface area contributed by atoms with E-state index in [4.69, 9.17) is 10.5 Å².